The molecule has 0 unspecified atom stereocenters. The van der Waals surface area contributed by atoms with E-state index in [2.05, 4.69) is 23.0 Å². The van der Waals surface area contributed by atoms with E-state index in [1.165, 1.54) is 11.4 Å². The minimum atomic E-state index is 0.120. The van der Waals surface area contributed by atoms with Crippen LogP contribution in [0.3, 0.4) is 0 Å². The second kappa shape index (κ2) is 7.03. The second-order valence-corrected chi connectivity index (χ2v) is 5.17. The first kappa shape index (κ1) is 14.5. The van der Waals surface area contributed by atoms with Crippen LogP contribution < -0.4 is 0 Å². The largest absolute Gasteiger partial charge is 0.394 e. The summed E-state index contributed by atoms with van der Waals surface area (Å²) in [5.41, 5.74) is 2.45. The Labute approximate surface area is 115 Å². The first-order valence-corrected chi connectivity index (χ1v) is 7.19. The van der Waals surface area contributed by atoms with Gasteiger partial charge in [0.05, 0.1) is 30.7 Å². The number of piperidine rings is 1. The van der Waals surface area contributed by atoms with Gasteiger partial charge in [-0.05, 0) is 25.3 Å². The average Bonchev–Trinajstić information content (AvgIpc) is 2.79. The molecule has 0 amide bonds. The third-order valence-electron chi connectivity index (χ3n) is 3.75. The maximum absolute atomic E-state index is 8.75. The third-order valence-corrected chi connectivity index (χ3v) is 3.75. The van der Waals surface area contributed by atoms with Crippen molar-refractivity contribution >= 4 is 0 Å². The van der Waals surface area contributed by atoms with Crippen molar-refractivity contribution in [1.82, 2.24) is 14.7 Å². The van der Waals surface area contributed by atoms with Crippen molar-refractivity contribution in [2.75, 3.05) is 26.3 Å². The van der Waals surface area contributed by atoms with Gasteiger partial charge in [0.15, 0.2) is 0 Å². The van der Waals surface area contributed by atoms with Crippen molar-refractivity contribution in [3.8, 4) is 0 Å². The van der Waals surface area contributed by atoms with Crippen LogP contribution in [0.25, 0.3) is 0 Å². The van der Waals surface area contributed by atoms with Crippen molar-refractivity contribution in [2.45, 2.75) is 38.8 Å². The van der Waals surface area contributed by atoms with Gasteiger partial charge in [0.1, 0.15) is 0 Å². The van der Waals surface area contributed by atoms with Crippen LogP contribution in [0.1, 0.15) is 31.2 Å². The number of hydrogen-bond acceptors (Lipinski definition) is 4. The Kier molecular flexibility index (Phi) is 5.36. The number of hydrogen-bond donors (Lipinski definition) is 1. The molecule has 1 N–H and O–H groups in total. The standard InChI is InChI=1S/C14H25N3O2/c1-3-12-10-13(16(2)15-12)11-17-6-4-14(5-7-17)19-9-8-18/h10,14,18H,3-9,11H2,1-2H3. The molecule has 1 aromatic heterocycles. The molecular formula is C14H25N3O2. The van der Waals surface area contributed by atoms with Gasteiger partial charge < -0.3 is 9.84 Å². The molecule has 1 aromatic rings. The number of aromatic nitrogens is 2. The van der Waals surface area contributed by atoms with E-state index in [1.54, 1.807) is 0 Å². The predicted octanol–water partition coefficient (Wildman–Crippen LogP) is 0.956. The molecule has 0 atom stereocenters. The first-order valence-electron chi connectivity index (χ1n) is 7.19. The fraction of sp³-hybridized carbons (Fsp3) is 0.786. The Balaban J connectivity index is 1.80. The molecule has 1 aliphatic heterocycles. The van der Waals surface area contributed by atoms with Gasteiger partial charge in [-0.2, -0.15) is 5.10 Å². The van der Waals surface area contributed by atoms with Crippen LogP contribution in [-0.4, -0.2) is 52.2 Å². The zero-order valence-corrected chi connectivity index (χ0v) is 12.0. The zero-order valence-electron chi connectivity index (χ0n) is 12.0. The number of aliphatic hydroxyl groups is 1. The lowest BCUT2D eigenvalue weighted by molar-refractivity contribution is -0.00933. The van der Waals surface area contributed by atoms with Crippen molar-refractivity contribution < 1.29 is 9.84 Å². The molecule has 0 spiro atoms. The van der Waals surface area contributed by atoms with E-state index in [0.717, 1.165) is 38.9 Å². The molecule has 108 valence electrons. The zero-order chi connectivity index (χ0) is 13.7. The van der Waals surface area contributed by atoms with E-state index in [-0.39, 0.29) is 6.61 Å². The van der Waals surface area contributed by atoms with E-state index < -0.39 is 0 Å². The molecule has 5 nitrogen and oxygen atoms in total. The van der Waals surface area contributed by atoms with Crippen LogP contribution in [0.5, 0.6) is 0 Å². The second-order valence-electron chi connectivity index (χ2n) is 5.17. The van der Waals surface area contributed by atoms with Crippen LogP contribution in [0.2, 0.25) is 0 Å². The van der Waals surface area contributed by atoms with Crippen LogP contribution in [0.15, 0.2) is 6.07 Å². The summed E-state index contributed by atoms with van der Waals surface area (Å²) in [4.78, 5) is 2.45. The summed E-state index contributed by atoms with van der Waals surface area (Å²) in [6, 6.07) is 2.20. The van der Waals surface area contributed by atoms with Gasteiger partial charge >= 0.3 is 0 Å². The molecule has 0 radical (unpaired) electrons. The molecule has 1 aliphatic rings. The Hall–Kier alpha value is -0.910. The number of nitrogens with zero attached hydrogens (tertiary/aromatic N) is 3. The highest BCUT2D eigenvalue weighted by atomic mass is 16.5. The minimum absolute atomic E-state index is 0.120. The van der Waals surface area contributed by atoms with Crippen LogP contribution in [0.4, 0.5) is 0 Å². The SMILES string of the molecule is CCc1cc(CN2CCC(OCCO)CC2)n(C)n1. The first-order chi connectivity index (χ1) is 9.22. The molecule has 0 aliphatic carbocycles. The Morgan fingerprint density at radius 1 is 1.42 bits per heavy atom. The Bertz CT molecular complexity index is 384. The molecular weight excluding hydrogens is 242 g/mol. The molecule has 1 fully saturated rings. The van der Waals surface area contributed by atoms with Gasteiger partial charge in [-0.3, -0.25) is 9.58 Å². The number of rotatable bonds is 6. The quantitative estimate of drug-likeness (QED) is 0.834. The molecule has 2 rings (SSSR count). The maximum atomic E-state index is 8.75. The van der Waals surface area contributed by atoms with Crippen molar-refractivity contribution in [1.29, 1.82) is 0 Å². The Morgan fingerprint density at radius 3 is 2.74 bits per heavy atom. The van der Waals surface area contributed by atoms with Crippen molar-refractivity contribution in [3.63, 3.8) is 0 Å². The summed E-state index contributed by atoms with van der Waals surface area (Å²) < 4.78 is 7.57. The fourth-order valence-corrected chi connectivity index (χ4v) is 2.57. The van der Waals surface area contributed by atoms with Gasteiger partial charge in [0.2, 0.25) is 0 Å². The molecule has 0 aromatic carbocycles. The number of aryl methyl sites for hydroxylation is 2. The Morgan fingerprint density at radius 2 is 2.16 bits per heavy atom. The van der Waals surface area contributed by atoms with Gasteiger partial charge in [0.25, 0.3) is 0 Å². The summed E-state index contributed by atoms with van der Waals surface area (Å²) in [6.45, 7) is 5.80. The summed E-state index contributed by atoms with van der Waals surface area (Å²) in [7, 11) is 2.02. The van der Waals surface area contributed by atoms with Gasteiger partial charge in [-0.25, -0.2) is 0 Å². The number of aliphatic hydroxyl groups excluding tert-OH is 1. The van der Waals surface area contributed by atoms with Gasteiger partial charge in [0, 0.05) is 26.7 Å². The molecule has 1 saturated heterocycles. The van der Waals surface area contributed by atoms with E-state index in [9.17, 15) is 0 Å². The molecule has 0 saturated carbocycles. The van der Waals surface area contributed by atoms with Crippen LogP contribution >= 0.6 is 0 Å². The normalized spacial score (nSPS) is 18.1. The highest BCUT2D eigenvalue weighted by molar-refractivity contribution is 5.10. The molecule has 2 heterocycles. The molecule has 0 bridgehead atoms. The lowest BCUT2D eigenvalue weighted by Gasteiger charge is -2.31. The monoisotopic (exact) mass is 267 g/mol. The lowest BCUT2D eigenvalue weighted by Crippen LogP contribution is -2.37. The average molecular weight is 267 g/mol. The highest BCUT2D eigenvalue weighted by Crippen LogP contribution is 2.16. The highest BCUT2D eigenvalue weighted by Gasteiger charge is 2.20. The number of ether oxygens (including phenoxy) is 1. The minimum Gasteiger partial charge on any atom is -0.394 e. The predicted molar refractivity (Wildman–Crippen MR) is 73.9 cm³/mol. The van der Waals surface area contributed by atoms with Gasteiger partial charge in [-0.15, -0.1) is 0 Å². The summed E-state index contributed by atoms with van der Waals surface area (Å²) in [5.74, 6) is 0. The van der Waals surface area contributed by atoms with E-state index >= 15 is 0 Å². The maximum Gasteiger partial charge on any atom is 0.0701 e. The van der Waals surface area contributed by atoms with Crippen LogP contribution in [0, 0.1) is 0 Å². The topological polar surface area (TPSA) is 50.5 Å². The van der Waals surface area contributed by atoms with E-state index in [1.807, 2.05) is 11.7 Å². The summed E-state index contributed by atoms with van der Waals surface area (Å²) in [6.07, 6.45) is 3.42. The van der Waals surface area contributed by atoms with Crippen molar-refractivity contribution in [2.24, 2.45) is 7.05 Å². The van der Waals surface area contributed by atoms with E-state index in [4.69, 9.17) is 9.84 Å². The third kappa shape index (κ3) is 4.03. The van der Waals surface area contributed by atoms with E-state index in [0.29, 0.717) is 12.7 Å². The molecule has 5 heteroatoms. The van der Waals surface area contributed by atoms with Crippen molar-refractivity contribution in [3.05, 3.63) is 17.5 Å². The summed E-state index contributed by atoms with van der Waals surface area (Å²) >= 11 is 0. The molecule has 19 heavy (non-hydrogen) atoms. The number of likely N-dealkylation sites (tertiary alicyclic amines) is 1. The summed E-state index contributed by atoms with van der Waals surface area (Å²) in [5, 5.41) is 13.2. The lowest BCUT2D eigenvalue weighted by atomic mass is 10.1. The fourth-order valence-electron chi connectivity index (χ4n) is 2.57. The van der Waals surface area contributed by atoms with Crippen LogP contribution in [-0.2, 0) is 24.8 Å². The van der Waals surface area contributed by atoms with Gasteiger partial charge in [-0.1, -0.05) is 6.92 Å². The smallest absolute Gasteiger partial charge is 0.0701 e.